The van der Waals surface area contributed by atoms with Crippen LogP contribution in [0.1, 0.15) is 24.0 Å². The predicted octanol–water partition coefficient (Wildman–Crippen LogP) is 4.23. The minimum absolute atomic E-state index is 0.0565. The van der Waals surface area contributed by atoms with Crippen LogP contribution in [-0.2, 0) is 17.1 Å². The molecule has 1 aliphatic heterocycles. The fourth-order valence-corrected chi connectivity index (χ4v) is 4.23. The SMILES string of the molecule is O=C(NCCSCc1ccccc1F)C1CCN(Cc2ccc(F)cc2)CC1. The molecule has 1 heterocycles. The van der Waals surface area contributed by atoms with Gasteiger partial charge in [0, 0.05) is 30.5 Å². The lowest BCUT2D eigenvalue weighted by Crippen LogP contribution is -2.40. The van der Waals surface area contributed by atoms with E-state index in [1.165, 1.54) is 18.2 Å². The number of rotatable bonds is 8. The third-order valence-electron chi connectivity index (χ3n) is 5.04. The molecular formula is C22H26F2N2OS. The van der Waals surface area contributed by atoms with E-state index >= 15 is 0 Å². The first-order valence-corrected chi connectivity index (χ1v) is 10.8. The number of benzene rings is 2. The van der Waals surface area contributed by atoms with Gasteiger partial charge in [-0.05, 0) is 55.3 Å². The molecule has 0 unspecified atom stereocenters. The maximum absolute atomic E-state index is 13.6. The van der Waals surface area contributed by atoms with Crippen molar-refractivity contribution in [1.82, 2.24) is 10.2 Å². The zero-order valence-electron chi connectivity index (χ0n) is 15.9. The van der Waals surface area contributed by atoms with Crippen molar-refractivity contribution >= 4 is 17.7 Å². The molecule has 1 N–H and O–H groups in total. The van der Waals surface area contributed by atoms with Gasteiger partial charge in [-0.25, -0.2) is 8.78 Å². The number of piperidine rings is 1. The van der Waals surface area contributed by atoms with E-state index in [9.17, 15) is 13.6 Å². The van der Waals surface area contributed by atoms with Crippen LogP contribution in [0.3, 0.4) is 0 Å². The number of amides is 1. The molecule has 0 atom stereocenters. The molecule has 3 nitrogen and oxygen atoms in total. The minimum Gasteiger partial charge on any atom is -0.355 e. The molecule has 1 amide bonds. The number of halogens is 2. The molecule has 150 valence electrons. The molecule has 1 fully saturated rings. The van der Waals surface area contributed by atoms with Crippen molar-refractivity contribution in [3.05, 3.63) is 71.3 Å². The largest absolute Gasteiger partial charge is 0.355 e. The smallest absolute Gasteiger partial charge is 0.223 e. The fourth-order valence-electron chi connectivity index (χ4n) is 3.39. The molecule has 0 aromatic heterocycles. The van der Waals surface area contributed by atoms with Gasteiger partial charge in [0.1, 0.15) is 11.6 Å². The molecule has 0 aliphatic carbocycles. The lowest BCUT2D eigenvalue weighted by molar-refractivity contribution is -0.126. The Kier molecular flexibility index (Phi) is 7.86. The van der Waals surface area contributed by atoms with E-state index in [2.05, 4.69) is 10.2 Å². The van der Waals surface area contributed by atoms with E-state index in [0.717, 1.165) is 43.8 Å². The summed E-state index contributed by atoms with van der Waals surface area (Å²) in [6.07, 6.45) is 1.69. The number of carbonyl (C=O) groups is 1. The molecule has 0 radical (unpaired) electrons. The Hall–Kier alpha value is -1.92. The van der Waals surface area contributed by atoms with Crippen molar-refractivity contribution in [3.8, 4) is 0 Å². The number of hydrogen-bond acceptors (Lipinski definition) is 3. The minimum atomic E-state index is -0.216. The van der Waals surface area contributed by atoms with Crippen molar-refractivity contribution in [3.63, 3.8) is 0 Å². The Labute approximate surface area is 169 Å². The second-order valence-electron chi connectivity index (χ2n) is 7.11. The highest BCUT2D eigenvalue weighted by molar-refractivity contribution is 7.98. The zero-order valence-corrected chi connectivity index (χ0v) is 16.7. The molecule has 2 aromatic carbocycles. The van der Waals surface area contributed by atoms with E-state index in [1.807, 2.05) is 18.2 Å². The van der Waals surface area contributed by atoms with E-state index in [-0.39, 0.29) is 23.5 Å². The summed E-state index contributed by atoms with van der Waals surface area (Å²) in [5, 5.41) is 3.01. The summed E-state index contributed by atoms with van der Waals surface area (Å²) in [5.41, 5.74) is 1.79. The first-order chi connectivity index (χ1) is 13.6. The van der Waals surface area contributed by atoms with Crippen LogP contribution < -0.4 is 5.32 Å². The van der Waals surface area contributed by atoms with Gasteiger partial charge in [-0.1, -0.05) is 30.3 Å². The van der Waals surface area contributed by atoms with Crippen LogP contribution >= 0.6 is 11.8 Å². The van der Waals surface area contributed by atoms with Crippen LogP contribution in [0.15, 0.2) is 48.5 Å². The van der Waals surface area contributed by atoms with Gasteiger partial charge in [0.2, 0.25) is 5.91 Å². The van der Waals surface area contributed by atoms with Gasteiger partial charge in [-0.15, -0.1) is 0 Å². The molecule has 0 saturated carbocycles. The number of nitrogens with one attached hydrogen (secondary N) is 1. The van der Waals surface area contributed by atoms with Crippen LogP contribution in [0.4, 0.5) is 8.78 Å². The summed E-state index contributed by atoms with van der Waals surface area (Å²) >= 11 is 1.62. The van der Waals surface area contributed by atoms with Crippen LogP contribution in [0.5, 0.6) is 0 Å². The van der Waals surface area contributed by atoms with Crippen LogP contribution in [0.25, 0.3) is 0 Å². The van der Waals surface area contributed by atoms with Gasteiger partial charge in [-0.3, -0.25) is 9.69 Å². The molecule has 3 rings (SSSR count). The summed E-state index contributed by atoms with van der Waals surface area (Å²) in [6, 6.07) is 13.4. The van der Waals surface area contributed by atoms with Crippen molar-refractivity contribution in [2.45, 2.75) is 25.1 Å². The average molecular weight is 405 g/mol. The standard InChI is InChI=1S/C22H26F2N2OS/c23-20-7-5-17(6-8-20)15-26-12-9-18(10-13-26)22(27)25-11-14-28-16-19-3-1-2-4-21(19)24/h1-8,18H,9-16H2,(H,25,27). The number of thioether (sulfide) groups is 1. The normalized spacial score (nSPS) is 15.5. The lowest BCUT2D eigenvalue weighted by atomic mass is 9.95. The summed E-state index contributed by atoms with van der Waals surface area (Å²) in [4.78, 5) is 14.7. The summed E-state index contributed by atoms with van der Waals surface area (Å²) in [6.45, 7) is 3.14. The molecule has 1 saturated heterocycles. The number of carbonyl (C=O) groups excluding carboxylic acids is 1. The molecule has 6 heteroatoms. The maximum atomic E-state index is 13.6. The quantitative estimate of drug-likeness (QED) is 0.669. The van der Waals surface area contributed by atoms with Gasteiger partial charge in [0.25, 0.3) is 0 Å². The van der Waals surface area contributed by atoms with Gasteiger partial charge in [-0.2, -0.15) is 11.8 Å². The Morgan fingerprint density at radius 2 is 1.79 bits per heavy atom. The topological polar surface area (TPSA) is 32.3 Å². The first-order valence-electron chi connectivity index (χ1n) is 9.67. The first kappa shape index (κ1) is 20.8. The third kappa shape index (κ3) is 6.31. The van der Waals surface area contributed by atoms with Gasteiger partial charge >= 0.3 is 0 Å². The second kappa shape index (κ2) is 10.6. The average Bonchev–Trinajstić information content (AvgIpc) is 2.71. The molecule has 1 aliphatic rings. The Bertz CT molecular complexity index is 761. The van der Waals surface area contributed by atoms with Gasteiger partial charge in [0.05, 0.1) is 0 Å². The number of likely N-dealkylation sites (tertiary alicyclic amines) is 1. The lowest BCUT2D eigenvalue weighted by Gasteiger charge is -2.31. The van der Waals surface area contributed by atoms with E-state index in [1.54, 1.807) is 23.9 Å². The number of nitrogens with zero attached hydrogens (tertiary/aromatic N) is 1. The van der Waals surface area contributed by atoms with E-state index in [4.69, 9.17) is 0 Å². The summed E-state index contributed by atoms with van der Waals surface area (Å²) < 4.78 is 26.5. The van der Waals surface area contributed by atoms with E-state index < -0.39 is 0 Å². The predicted molar refractivity (Wildman–Crippen MR) is 110 cm³/mol. The maximum Gasteiger partial charge on any atom is 0.223 e. The highest BCUT2D eigenvalue weighted by Crippen LogP contribution is 2.20. The second-order valence-corrected chi connectivity index (χ2v) is 8.22. The molecule has 2 aromatic rings. The molecule has 0 spiro atoms. The van der Waals surface area contributed by atoms with Crippen LogP contribution in [0, 0.1) is 17.6 Å². The Morgan fingerprint density at radius 1 is 1.07 bits per heavy atom. The zero-order chi connectivity index (χ0) is 19.8. The van der Waals surface area contributed by atoms with Crippen molar-refractivity contribution in [2.75, 3.05) is 25.4 Å². The molecule has 0 bridgehead atoms. The van der Waals surface area contributed by atoms with Crippen LogP contribution in [-0.4, -0.2) is 36.2 Å². The van der Waals surface area contributed by atoms with Gasteiger partial charge < -0.3 is 5.32 Å². The molecule has 28 heavy (non-hydrogen) atoms. The Morgan fingerprint density at radius 3 is 2.50 bits per heavy atom. The van der Waals surface area contributed by atoms with Crippen molar-refractivity contribution in [2.24, 2.45) is 5.92 Å². The van der Waals surface area contributed by atoms with Gasteiger partial charge in [0.15, 0.2) is 0 Å². The van der Waals surface area contributed by atoms with Crippen molar-refractivity contribution in [1.29, 1.82) is 0 Å². The highest BCUT2D eigenvalue weighted by Gasteiger charge is 2.24. The van der Waals surface area contributed by atoms with Crippen LogP contribution in [0.2, 0.25) is 0 Å². The third-order valence-corrected chi connectivity index (χ3v) is 6.05. The monoisotopic (exact) mass is 404 g/mol. The van der Waals surface area contributed by atoms with Crippen molar-refractivity contribution < 1.29 is 13.6 Å². The van der Waals surface area contributed by atoms with E-state index in [0.29, 0.717) is 17.9 Å². The molecular weight excluding hydrogens is 378 g/mol. The summed E-state index contributed by atoms with van der Waals surface area (Å²) in [5.74, 6) is 1.17. The summed E-state index contributed by atoms with van der Waals surface area (Å²) in [7, 11) is 0. The highest BCUT2D eigenvalue weighted by atomic mass is 32.2. The fraction of sp³-hybridized carbons (Fsp3) is 0.409. The number of hydrogen-bond donors (Lipinski definition) is 1. The Balaban J connectivity index is 1.30.